The third kappa shape index (κ3) is 8.55. The molecule has 0 amide bonds. The van der Waals surface area contributed by atoms with Crippen molar-refractivity contribution in [3.05, 3.63) is 0 Å². The number of hydrogen-bond acceptors (Lipinski definition) is 1. The fraction of sp³-hybridized carbons (Fsp3) is 1.00. The van der Waals surface area contributed by atoms with Crippen LogP contribution in [0.5, 0.6) is 0 Å². The fourth-order valence-electron chi connectivity index (χ4n) is 1.86. The predicted octanol–water partition coefficient (Wildman–Crippen LogP) is 3.98. The minimum Gasteiger partial charge on any atom is -0.314 e. The van der Waals surface area contributed by atoms with Gasteiger partial charge < -0.3 is 5.32 Å². The Morgan fingerprint density at radius 2 is 1.57 bits per heavy atom. The zero-order valence-electron chi connectivity index (χ0n) is 10.6. The molecule has 1 heteroatoms. The molecule has 1 nitrogen and oxygen atoms in total. The quantitative estimate of drug-likeness (QED) is 0.592. The zero-order valence-corrected chi connectivity index (χ0v) is 10.6. The standard InChI is InChI=1S/C13H29N/c1-5-7-10-13(14-6-2)11-8-9-12(3)4/h12-14H,5-11H2,1-4H3. The molecule has 1 unspecified atom stereocenters. The lowest BCUT2D eigenvalue weighted by atomic mass is 10.00. The molecule has 0 spiro atoms. The maximum atomic E-state index is 3.59. The van der Waals surface area contributed by atoms with E-state index in [2.05, 4.69) is 33.0 Å². The van der Waals surface area contributed by atoms with Crippen molar-refractivity contribution in [3.63, 3.8) is 0 Å². The highest BCUT2D eigenvalue weighted by molar-refractivity contribution is 4.66. The molecule has 86 valence electrons. The summed E-state index contributed by atoms with van der Waals surface area (Å²) in [6.45, 7) is 10.2. The first-order valence-electron chi connectivity index (χ1n) is 6.44. The van der Waals surface area contributed by atoms with Crippen molar-refractivity contribution in [2.24, 2.45) is 5.92 Å². The first-order chi connectivity index (χ1) is 6.70. The van der Waals surface area contributed by atoms with Crippen LogP contribution in [0.25, 0.3) is 0 Å². The summed E-state index contributed by atoms with van der Waals surface area (Å²) in [6.07, 6.45) is 8.20. The molecule has 0 aliphatic heterocycles. The van der Waals surface area contributed by atoms with Crippen molar-refractivity contribution in [1.82, 2.24) is 5.32 Å². The summed E-state index contributed by atoms with van der Waals surface area (Å²) in [5.74, 6) is 0.864. The van der Waals surface area contributed by atoms with Crippen molar-refractivity contribution >= 4 is 0 Å². The van der Waals surface area contributed by atoms with E-state index >= 15 is 0 Å². The molecular weight excluding hydrogens is 170 g/mol. The Kier molecular flexibility index (Phi) is 9.49. The monoisotopic (exact) mass is 199 g/mol. The molecule has 0 aromatic heterocycles. The van der Waals surface area contributed by atoms with Crippen LogP contribution in [-0.4, -0.2) is 12.6 Å². The summed E-state index contributed by atoms with van der Waals surface area (Å²) < 4.78 is 0. The van der Waals surface area contributed by atoms with Crippen molar-refractivity contribution in [2.45, 2.75) is 72.3 Å². The normalized spacial score (nSPS) is 13.5. The second-order valence-corrected chi connectivity index (χ2v) is 4.72. The summed E-state index contributed by atoms with van der Waals surface area (Å²) in [5.41, 5.74) is 0. The molecule has 0 rings (SSSR count). The van der Waals surface area contributed by atoms with Gasteiger partial charge in [0.25, 0.3) is 0 Å². The van der Waals surface area contributed by atoms with Gasteiger partial charge in [0.15, 0.2) is 0 Å². The largest absolute Gasteiger partial charge is 0.314 e. The van der Waals surface area contributed by atoms with Gasteiger partial charge in [0, 0.05) is 6.04 Å². The zero-order chi connectivity index (χ0) is 10.8. The lowest BCUT2D eigenvalue weighted by molar-refractivity contribution is 0.415. The molecule has 0 saturated heterocycles. The Balaban J connectivity index is 3.50. The molecule has 0 fully saturated rings. The van der Waals surface area contributed by atoms with E-state index in [0.29, 0.717) is 0 Å². The highest BCUT2D eigenvalue weighted by atomic mass is 14.9. The van der Waals surface area contributed by atoms with Crippen LogP contribution in [0.15, 0.2) is 0 Å². The van der Waals surface area contributed by atoms with Crippen LogP contribution >= 0.6 is 0 Å². The van der Waals surface area contributed by atoms with Crippen LogP contribution in [0.2, 0.25) is 0 Å². The minimum absolute atomic E-state index is 0.777. The van der Waals surface area contributed by atoms with Crippen molar-refractivity contribution in [2.75, 3.05) is 6.54 Å². The second-order valence-electron chi connectivity index (χ2n) is 4.72. The van der Waals surface area contributed by atoms with Crippen molar-refractivity contribution in [1.29, 1.82) is 0 Å². The van der Waals surface area contributed by atoms with Crippen molar-refractivity contribution < 1.29 is 0 Å². The number of rotatable bonds is 9. The Morgan fingerprint density at radius 3 is 2.07 bits per heavy atom. The van der Waals surface area contributed by atoms with Gasteiger partial charge in [-0.3, -0.25) is 0 Å². The molecule has 1 N–H and O–H groups in total. The van der Waals surface area contributed by atoms with E-state index in [9.17, 15) is 0 Å². The van der Waals surface area contributed by atoms with Gasteiger partial charge in [-0.2, -0.15) is 0 Å². The fourth-order valence-corrected chi connectivity index (χ4v) is 1.86. The smallest absolute Gasteiger partial charge is 0.00669 e. The first-order valence-corrected chi connectivity index (χ1v) is 6.44. The first kappa shape index (κ1) is 14.0. The van der Waals surface area contributed by atoms with E-state index in [4.69, 9.17) is 0 Å². The average molecular weight is 199 g/mol. The van der Waals surface area contributed by atoms with Gasteiger partial charge in [0.1, 0.15) is 0 Å². The molecular formula is C13H29N. The molecule has 0 radical (unpaired) electrons. The van der Waals surface area contributed by atoms with Gasteiger partial charge in [-0.1, -0.05) is 53.4 Å². The predicted molar refractivity (Wildman–Crippen MR) is 65.7 cm³/mol. The van der Waals surface area contributed by atoms with E-state index in [1.807, 2.05) is 0 Å². The molecule has 1 atom stereocenters. The van der Waals surface area contributed by atoms with Crippen LogP contribution in [0, 0.1) is 5.92 Å². The third-order valence-electron chi connectivity index (χ3n) is 2.73. The van der Waals surface area contributed by atoms with Crippen LogP contribution < -0.4 is 5.32 Å². The van der Waals surface area contributed by atoms with Gasteiger partial charge in [-0.05, 0) is 25.3 Å². The minimum atomic E-state index is 0.777. The molecule has 0 aromatic carbocycles. The van der Waals surface area contributed by atoms with Crippen LogP contribution in [0.3, 0.4) is 0 Å². The van der Waals surface area contributed by atoms with E-state index in [0.717, 1.165) is 18.5 Å². The van der Waals surface area contributed by atoms with Crippen LogP contribution in [-0.2, 0) is 0 Å². The second kappa shape index (κ2) is 9.51. The average Bonchev–Trinajstić information content (AvgIpc) is 2.13. The molecule has 0 bridgehead atoms. The van der Waals surface area contributed by atoms with Gasteiger partial charge in [-0.25, -0.2) is 0 Å². The Hall–Kier alpha value is -0.0400. The Bertz CT molecular complexity index is 110. The number of unbranched alkanes of at least 4 members (excludes halogenated alkanes) is 1. The summed E-state index contributed by atoms with van der Waals surface area (Å²) >= 11 is 0. The molecule has 14 heavy (non-hydrogen) atoms. The molecule has 0 aliphatic rings. The lowest BCUT2D eigenvalue weighted by Gasteiger charge is -2.17. The van der Waals surface area contributed by atoms with E-state index in [-0.39, 0.29) is 0 Å². The van der Waals surface area contributed by atoms with Gasteiger partial charge in [0.2, 0.25) is 0 Å². The summed E-state index contributed by atoms with van der Waals surface area (Å²) in [4.78, 5) is 0. The maximum Gasteiger partial charge on any atom is 0.00669 e. The Morgan fingerprint density at radius 1 is 0.929 bits per heavy atom. The van der Waals surface area contributed by atoms with E-state index in [1.165, 1.54) is 38.5 Å². The summed E-state index contributed by atoms with van der Waals surface area (Å²) in [6, 6.07) is 0.777. The van der Waals surface area contributed by atoms with E-state index in [1.54, 1.807) is 0 Å². The third-order valence-corrected chi connectivity index (χ3v) is 2.73. The molecule has 0 aliphatic carbocycles. The summed E-state index contributed by atoms with van der Waals surface area (Å²) in [5, 5.41) is 3.59. The summed E-state index contributed by atoms with van der Waals surface area (Å²) in [7, 11) is 0. The van der Waals surface area contributed by atoms with Gasteiger partial charge in [0.05, 0.1) is 0 Å². The number of nitrogens with one attached hydrogen (secondary N) is 1. The highest BCUT2D eigenvalue weighted by Gasteiger charge is 2.06. The Labute approximate surface area is 90.7 Å². The van der Waals surface area contributed by atoms with E-state index < -0.39 is 0 Å². The molecule has 0 saturated carbocycles. The van der Waals surface area contributed by atoms with Gasteiger partial charge in [-0.15, -0.1) is 0 Å². The SMILES string of the molecule is CCCCC(CCCC(C)C)NCC. The highest BCUT2D eigenvalue weighted by Crippen LogP contribution is 2.12. The van der Waals surface area contributed by atoms with Crippen LogP contribution in [0.1, 0.15) is 66.2 Å². The maximum absolute atomic E-state index is 3.59. The number of hydrogen-bond donors (Lipinski definition) is 1. The molecule has 0 aromatic rings. The van der Waals surface area contributed by atoms with Crippen LogP contribution in [0.4, 0.5) is 0 Å². The van der Waals surface area contributed by atoms with Gasteiger partial charge >= 0.3 is 0 Å². The lowest BCUT2D eigenvalue weighted by Crippen LogP contribution is -2.28. The van der Waals surface area contributed by atoms with Crippen molar-refractivity contribution in [3.8, 4) is 0 Å². The topological polar surface area (TPSA) is 12.0 Å². The molecule has 0 heterocycles.